The Hall–Kier alpha value is -2.80. The number of imidazole rings is 1. The molecule has 28 heavy (non-hydrogen) atoms. The van der Waals surface area contributed by atoms with E-state index in [1.807, 2.05) is 44.3 Å². The summed E-state index contributed by atoms with van der Waals surface area (Å²) in [5.41, 5.74) is 4.31. The number of hydrogen-bond donors (Lipinski definition) is 1. The van der Waals surface area contributed by atoms with Crippen LogP contribution >= 0.6 is 0 Å². The fourth-order valence-electron chi connectivity index (χ4n) is 3.68. The second-order valence-corrected chi connectivity index (χ2v) is 7.44. The van der Waals surface area contributed by atoms with Crippen LogP contribution in [0.4, 0.5) is 5.69 Å². The normalized spacial score (nSPS) is 19.7. The number of amides is 1. The average Bonchev–Trinajstić information content (AvgIpc) is 3.11. The van der Waals surface area contributed by atoms with Crippen LogP contribution in [0, 0.1) is 19.8 Å². The number of benzene rings is 1. The van der Waals surface area contributed by atoms with Crippen molar-refractivity contribution < 1.29 is 9.53 Å². The number of carbonyl (C=O) groups excluding carboxylic acids is 1. The highest BCUT2D eigenvalue weighted by Gasteiger charge is 2.27. The molecular weight excluding hydrogens is 354 g/mol. The molecule has 146 valence electrons. The van der Waals surface area contributed by atoms with Crippen LogP contribution in [0.2, 0.25) is 0 Å². The summed E-state index contributed by atoms with van der Waals surface area (Å²) in [6.07, 6.45) is 5.84. The quantitative estimate of drug-likeness (QED) is 0.750. The van der Waals surface area contributed by atoms with E-state index >= 15 is 0 Å². The number of rotatable bonds is 4. The van der Waals surface area contributed by atoms with E-state index in [2.05, 4.69) is 20.4 Å². The Bertz CT molecular complexity index is 957. The molecule has 2 heterocycles. The van der Waals surface area contributed by atoms with Gasteiger partial charge in [-0.05, 0) is 45.2 Å². The highest BCUT2D eigenvalue weighted by molar-refractivity contribution is 5.92. The summed E-state index contributed by atoms with van der Waals surface area (Å²) >= 11 is 0. The van der Waals surface area contributed by atoms with Gasteiger partial charge in [0.05, 0.1) is 29.4 Å². The van der Waals surface area contributed by atoms with Gasteiger partial charge in [-0.2, -0.15) is 5.10 Å². The Morgan fingerprint density at radius 1 is 1.14 bits per heavy atom. The second kappa shape index (κ2) is 7.67. The third-order valence-corrected chi connectivity index (χ3v) is 5.50. The van der Waals surface area contributed by atoms with Crippen LogP contribution in [0.25, 0.3) is 17.0 Å². The number of nitrogens with one attached hydrogen (secondary N) is 1. The van der Waals surface area contributed by atoms with Crippen molar-refractivity contribution in [1.29, 1.82) is 0 Å². The van der Waals surface area contributed by atoms with Gasteiger partial charge in [-0.3, -0.25) is 4.79 Å². The van der Waals surface area contributed by atoms with Gasteiger partial charge in [0.1, 0.15) is 0 Å². The van der Waals surface area contributed by atoms with Crippen LogP contribution in [0.5, 0.6) is 0 Å². The number of fused-ring (bicyclic) bond motifs is 1. The van der Waals surface area contributed by atoms with Gasteiger partial charge in [0, 0.05) is 24.3 Å². The van der Waals surface area contributed by atoms with Crippen molar-refractivity contribution in [2.45, 2.75) is 45.6 Å². The molecule has 0 aliphatic heterocycles. The summed E-state index contributed by atoms with van der Waals surface area (Å²) in [7, 11) is 1.72. The molecule has 0 unspecified atom stereocenters. The van der Waals surface area contributed by atoms with Crippen LogP contribution in [0.1, 0.15) is 37.1 Å². The standard InChI is InChI=1S/C21H25N5O2/c1-13-14(2)25-26-12-19(24-21(26)22-13)15-7-9-17(10-8-15)23-20(27)16-5-4-6-18(11-16)28-3/h7-10,12,16,18H,4-6,11H2,1-3H3,(H,23,27)/t16-,18+/m0/s1. The monoisotopic (exact) mass is 379 g/mol. The summed E-state index contributed by atoms with van der Waals surface area (Å²) in [6, 6.07) is 7.72. The molecular formula is C21H25N5O2. The maximum atomic E-state index is 12.6. The van der Waals surface area contributed by atoms with E-state index in [-0.39, 0.29) is 17.9 Å². The highest BCUT2D eigenvalue weighted by Crippen LogP contribution is 2.27. The molecule has 0 radical (unpaired) electrons. The predicted molar refractivity (Wildman–Crippen MR) is 107 cm³/mol. The van der Waals surface area contributed by atoms with Crippen LogP contribution in [0.3, 0.4) is 0 Å². The SMILES string of the molecule is CO[C@@H]1CCC[C@H](C(=O)Nc2ccc(-c3cn4nc(C)c(C)nc4n3)cc2)C1. The van der Waals surface area contributed by atoms with Crippen LogP contribution in [0.15, 0.2) is 30.5 Å². The number of aryl methyl sites for hydroxylation is 2. The van der Waals surface area contributed by atoms with Gasteiger partial charge in [-0.15, -0.1) is 0 Å². The lowest BCUT2D eigenvalue weighted by Gasteiger charge is -2.27. The van der Waals surface area contributed by atoms with Crippen molar-refractivity contribution in [2.24, 2.45) is 5.92 Å². The molecule has 4 rings (SSSR count). The summed E-state index contributed by atoms with van der Waals surface area (Å²) in [6.45, 7) is 3.86. The van der Waals surface area contributed by atoms with E-state index in [9.17, 15) is 4.79 Å². The first-order valence-electron chi connectivity index (χ1n) is 9.68. The second-order valence-electron chi connectivity index (χ2n) is 7.44. The molecule has 1 N–H and O–H groups in total. The van der Waals surface area contributed by atoms with Crippen molar-refractivity contribution in [2.75, 3.05) is 12.4 Å². The van der Waals surface area contributed by atoms with Gasteiger partial charge in [0.15, 0.2) is 0 Å². The maximum absolute atomic E-state index is 12.6. The number of anilines is 1. The molecule has 0 bridgehead atoms. The molecule has 7 nitrogen and oxygen atoms in total. The molecule has 1 saturated carbocycles. The van der Waals surface area contributed by atoms with Gasteiger partial charge < -0.3 is 10.1 Å². The molecule has 1 aliphatic carbocycles. The van der Waals surface area contributed by atoms with Gasteiger partial charge in [0.2, 0.25) is 5.91 Å². The van der Waals surface area contributed by atoms with Gasteiger partial charge >= 0.3 is 0 Å². The molecule has 3 aromatic rings. The van der Waals surface area contributed by atoms with Gasteiger partial charge in [0.25, 0.3) is 5.78 Å². The Balaban J connectivity index is 1.47. The van der Waals surface area contributed by atoms with E-state index < -0.39 is 0 Å². The fraction of sp³-hybridized carbons (Fsp3) is 0.429. The number of aromatic nitrogens is 4. The Labute approximate surface area is 164 Å². The van der Waals surface area contributed by atoms with E-state index in [1.165, 1.54) is 0 Å². The molecule has 2 atom stereocenters. The molecule has 1 aliphatic rings. The minimum absolute atomic E-state index is 0.0143. The zero-order valence-electron chi connectivity index (χ0n) is 16.5. The highest BCUT2D eigenvalue weighted by atomic mass is 16.5. The molecule has 2 aromatic heterocycles. The molecule has 1 fully saturated rings. The maximum Gasteiger partial charge on any atom is 0.251 e. The number of carbonyl (C=O) groups is 1. The van der Waals surface area contributed by atoms with Crippen molar-refractivity contribution in [1.82, 2.24) is 19.6 Å². The van der Waals surface area contributed by atoms with Crippen LogP contribution in [-0.4, -0.2) is 38.7 Å². The minimum atomic E-state index is 0.0143. The summed E-state index contributed by atoms with van der Waals surface area (Å²) in [4.78, 5) is 21.6. The van der Waals surface area contributed by atoms with Gasteiger partial charge in [-0.25, -0.2) is 14.5 Å². The Kier molecular flexibility index (Phi) is 5.09. The molecule has 7 heteroatoms. The van der Waals surface area contributed by atoms with Crippen molar-refractivity contribution in [3.63, 3.8) is 0 Å². The third-order valence-electron chi connectivity index (χ3n) is 5.50. The average molecular weight is 379 g/mol. The minimum Gasteiger partial charge on any atom is -0.381 e. The number of hydrogen-bond acceptors (Lipinski definition) is 5. The first-order valence-corrected chi connectivity index (χ1v) is 9.68. The van der Waals surface area contributed by atoms with E-state index in [0.717, 1.165) is 54.0 Å². The van der Waals surface area contributed by atoms with Crippen LogP contribution < -0.4 is 5.32 Å². The van der Waals surface area contributed by atoms with Gasteiger partial charge in [-0.1, -0.05) is 18.6 Å². The molecule has 1 amide bonds. The lowest BCUT2D eigenvalue weighted by molar-refractivity contribution is -0.122. The topological polar surface area (TPSA) is 81.4 Å². The Morgan fingerprint density at radius 3 is 2.68 bits per heavy atom. The largest absolute Gasteiger partial charge is 0.381 e. The first-order chi connectivity index (χ1) is 13.5. The predicted octanol–water partition coefficient (Wildman–Crippen LogP) is 3.55. The van der Waals surface area contributed by atoms with Crippen molar-refractivity contribution in [3.8, 4) is 11.3 Å². The van der Waals surface area contributed by atoms with E-state index in [0.29, 0.717) is 5.78 Å². The molecule has 1 aromatic carbocycles. The lowest BCUT2D eigenvalue weighted by Crippen LogP contribution is -2.30. The number of nitrogens with zero attached hydrogens (tertiary/aromatic N) is 4. The Morgan fingerprint density at radius 2 is 1.93 bits per heavy atom. The lowest BCUT2D eigenvalue weighted by atomic mass is 9.86. The number of ether oxygens (including phenoxy) is 1. The number of methoxy groups -OCH3 is 1. The molecule has 0 spiro atoms. The van der Waals surface area contributed by atoms with Crippen molar-refractivity contribution >= 4 is 17.4 Å². The van der Waals surface area contributed by atoms with E-state index in [1.54, 1.807) is 11.6 Å². The third kappa shape index (κ3) is 3.75. The summed E-state index contributed by atoms with van der Waals surface area (Å²) in [5, 5.41) is 7.50. The summed E-state index contributed by atoms with van der Waals surface area (Å²) < 4.78 is 7.12. The van der Waals surface area contributed by atoms with Crippen LogP contribution in [-0.2, 0) is 9.53 Å². The first kappa shape index (κ1) is 18.6. The molecule has 0 saturated heterocycles. The fourth-order valence-corrected chi connectivity index (χ4v) is 3.68. The van der Waals surface area contributed by atoms with Crippen molar-refractivity contribution in [3.05, 3.63) is 41.9 Å². The smallest absolute Gasteiger partial charge is 0.251 e. The zero-order chi connectivity index (χ0) is 19.7. The zero-order valence-corrected chi connectivity index (χ0v) is 16.5. The summed E-state index contributed by atoms with van der Waals surface area (Å²) in [5.74, 6) is 0.669. The van der Waals surface area contributed by atoms with E-state index in [4.69, 9.17) is 4.74 Å².